The summed E-state index contributed by atoms with van der Waals surface area (Å²) in [6, 6.07) is 6.34. The van der Waals surface area contributed by atoms with Gasteiger partial charge in [0.15, 0.2) is 0 Å². The molecule has 0 radical (unpaired) electrons. The molecular weight excluding hydrogens is 308 g/mol. The third kappa shape index (κ3) is 3.39. The predicted molar refractivity (Wildman–Crippen MR) is 82.6 cm³/mol. The molecule has 0 aliphatic carbocycles. The molecular formula is C15H19ClN2O2S. The highest BCUT2D eigenvalue weighted by molar-refractivity contribution is 7.89. The minimum atomic E-state index is -3.61. The van der Waals surface area contributed by atoms with Gasteiger partial charge in [0.25, 0.3) is 0 Å². The van der Waals surface area contributed by atoms with Gasteiger partial charge in [-0.05, 0) is 37.5 Å². The van der Waals surface area contributed by atoms with Gasteiger partial charge in [0.05, 0.1) is 16.7 Å². The van der Waals surface area contributed by atoms with Crippen LogP contribution >= 0.6 is 11.6 Å². The molecule has 1 aliphatic rings. The zero-order chi connectivity index (χ0) is 15.5. The van der Waals surface area contributed by atoms with E-state index >= 15 is 0 Å². The molecule has 0 aromatic heterocycles. The lowest BCUT2D eigenvalue weighted by atomic mass is 10.1. The molecule has 1 aliphatic heterocycles. The predicted octanol–water partition coefficient (Wildman–Crippen LogP) is 3.55. The summed E-state index contributed by atoms with van der Waals surface area (Å²) in [6.07, 6.45) is 4.69. The molecule has 1 aromatic carbocycles. The Morgan fingerprint density at radius 1 is 1.38 bits per heavy atom. The summed E-state index contributed by atoms with van der Waals surface area (Å²) in [5.41, 5.74) is 0.363. The molecule has 0 bridgehead atoms. The third-order valence-electron chi connectivity index (χ3n) is 3.94. The molecule has 4 nitrogen and oxygen atoms in total. The molecule has 1 fully saturated rings. The summed E-state index contributed by atoms with van der Waals surface area (Å²) >= 11 is 6.09. The van der Waals surface area contributed by atoms with Crippen LogP contribution in [0.1, 0.15) is 44.6 Å². The van der Waals surface area contributed by atoms with Crippen molar-refractivity contribution in [1.82, 2.24) is 4.31 Å². The van der Waals surface area contributed by atoms with Crippen LogP contribution in [0.3, 0.4) is 0 Å². The van der Waals surface area contributed by atoms with Gasteiger partial charge in [0, 0.05) is 12.6 Å². The van der Waals surface area contributed by atoms with Crippen LogP contribution in [-0.2, 0) is 10.0 Å². The zero-order valence-corrected chi connectivity index (χ0v) is 13.6. The molecule has 1 aromatic rings. The van der Waals surface area contributed by atoms with Crippen molar-refractivity contribution in [2.24, 2.45) is 0 Å². The Morgan fingerprint density at radius 2 is 2.14 bits per heavy atom. The van der Waals surface area contributed by atoms with Crippen molar-refractivity contribution >= 4 is 21.6 Å². The number of hydrogen-bond donors (Lipinski definition) is 0. The summed E-state index contributed by atoms with van der Waals surface area (Å²) in [4.78, 5) is 0.100. The molecule has 21 heavy (non-hydrogen) atoms. The molecule has 114 valence electrons. The highest BCUT2D eigenvalue weighted by Gasteiger charge is 2.32. The lowest BCUT2D eigenvalue weighted by Gasteiger charge is -2.28. The highest BCUT2D eigenvalue weighted by Crippen LogP contribution is 2.30. The van der Waals surface area contributed by atoms with E-state index in [0.717, 1.165) is 32.1 Å². The van der Waals surface area contributed by atoms with Crippen molar-refractivity contribution in [2.45, 2.75) is 50.0 Å². The van der Waals surface area contributed by atoms with Crippen LogP contribution < -0.4 is 0 Å². The van der Waals surface area contributed by atoms with Crippen molar-refractivity contribution in [3.8, 4) is 6.07 Å². The van der Waals surface area contributed by atoms with Crippen LogP contribution in [0.5, 0.6) is 0 Å². The third-order valence-corrected chi connectivity index (χ3v) is 6.38. The quantitative estimate of drug-likeness (QED) is 0.853. The Balaban J connectivity index is 2.42. The first-order valence-corrected chi connectivity index (χ1v) is 9.04. The van der Waals surface area contributed by atoms with Crippen LogP contribution in [0.25, 0.3) is 0 Å². The van der Waals surface area contributed by atoms with Gasteiger partial charge in [-0.25, -0.2) is 8.42 Å². The summed E-state index contributed by atoms with van der Waals surface area (Å²) in [6.45, 7) is 2.55. The lowest BCUT2D eigenvalue weighted by molar-refractivity contribution is 0.315. The number of rotatable bonds is 3. The monoisotopic (exact) mass is 326 g/mol. The SMILES string of the molecule is CCC1CCCCCN1S(=O)(=O)c1ccc(C#N)cc1Cl. The summed E-state index contributed by atoms with van der Waals surface area (Å²) < 4.78 is 27.4. The standard InChI is InChI=1S/C15H19ClN2O2S/c1-2-13-6-4-3-5-9-18(13)21(19,20)15-8-7-12(11-17)10-14(15)16/h7-8,10,13H,2-6,9H2,1H3. The van der Waals surface area contributed by atoms with E-state index in [2.05, 4.69) is 0 Å². The van der Waals surface area contributed by atoms with Gasteiger partial charge in [-0.1, -0.05) is 31.4 Å². The molecule has 0 saturated carbocycles. The maximum atomic E-state index is 12.9. The van der Waals surface area contributed by atoms with E-state index in [1.165, 1.54) is 18.2 Å². The van der Waals surface area contributed by atoms with Crippen LogP contribution in [0, 0.1) is 11.3 Å². The Morgan fingerprint density at radius 3 is 2.76 bits per heavy atom. The average Bonchev–Trinajstić information content (AvgIpc) is 2.72. The summed E-state index contributed by atoms with van der Waals surface area (Å²) in [5.74, 6) is 0. The van der Waals surface area contributed by atoms with Gasteiger partial charge >= 0.3 is 0 Å². The fourth-order valence-corrected chi connectivity index (χ4v) is 5.07. The lowest BCUT2D eigenvalue weighted by Crippen LogP contribution is -2.39. The van der Waals surface area contributed by atoms with Gasteiger partial charge in [-0.2, -0.15) is 9.57 Å². The number of nitriles is 1. The van der Waals surface area contributed by atoms with Gasteiger partial charge in [-0.3, -0.25) is 0 Å². The molecule has 6 heteroatoms. The van der Waals surface area contributed by atoms with Crippen molar-refractivity contribution in [1.29, 1.82) is 5.26 Å². The van der Waals surface area contributed by atoms with E-state index in [1.54, 1.807) is 4.31 Å². The molecule has 0 amide bonds. The van der Waals surface area contributed by atoms with E-state index in [4.69, 9.17) is 16.9 Å². The molecule has 1 heterocycles. The maximum absolute atomic E-state index is 12.9. The normalized spacial score (nSPS) is 20.7. The van der Waals surface area contributed by atoms with Gasteiger partial charge < -0.3 is 0 Å². The summed E-state index contributed by atoms with van der Waals surface area (Å²) in [5, 5.41) is 8.97. The van der Waals surface area contributed by atoms with E-state index in [0.29, 0.717) is 12.1 Å². The second-order valence-electron chi connectivity index (χ2n) is 5.28. The van der Waals surface area contributed by atoms with Gasteiger partial charge in [0.1, 0.15) is 4.90 Å². The van der Waals surface area contributed by atoms with E-state index < -0.39 is 10.0 Å². The largest absolute Gasteiger partial charge is 0.244 e. The first-order valence-electron chi connectivity index (χ1n) is 7.22. The van der Waals surface area contributed by atoms with Crippen molar-refractivity contribution in [3.05, 3.63) is 28.8 Å². The van der Waals surface area contributed by atoms with Crippen LogP contribution in [0.15, 0.2) is 23.1 Å². The van der Waals surface area contributed by atoms with Gasteiger partial charge in [0.2, 0.25) is 10.0 Å². The van der Waals surface area contributed by atoms with Crippen LogP contribution in [0.4, 0.5) is 0 Å². The summed E-state index contributed by atoms with van der Waals surface area (Å²) in [7, 11) is -3.61. The Hall–Kier alpha value is -1.09. The van der Waals surface area contributed by atoms with Crippen molar-refractivity contribution in [2.75, 3.05) is 6.54 Å². The zero-order valence-electron chi connectivity index (χ0n) is 12.0. The van der Waals surface area contributed by atoms with Crippen molar-refractivity contribution in [3.63, 3.8) is 0 Å². The van der Waals surface area contributed by atoms with Crippen LogP contribution in [0.2, 0.25) is 5.02 Å². The van der Waals surface area contributed by atoms with Crippen molar-refractivity contribution < 1.29 is 8.42 Å². The fourth-order valence-electron chi connectivity index (χ4n) is 2.78. The highest BCUT2D eigenvalue weighted by atomic mass is 35.5. The van der Waals surface area contributed by atoms with Gasteiger partial charge in [-0.15, -0.1) is 0 Å². The first kappa shape index (κ1) is 16.3. The number of sulfonamides is 1. The Kier molecular flexibility index (Phi) is 5.26. The fraction of sp³-hybridized carbons (Fsp3) is 0.533. The molecule has 1 unspecified atom stereocenters. The molecule has 0 spiro atoms. The number of halogens is 1. The first-order chi connectivity index (χ1) is 10.0. The minimum Gasteiger partial charge on any atom is -0.207 e. The maximum Gasteiger partial charge on any atom is 0.244 e. The number of benzene rings is 1. The second-order valence-corrected chi connectivity index (χ2v) is 7.55. The van der Waals surface area contributed by atoms with E-state index in [1.807, 2.05) is 13.0 Å². The van der Waals surface area contributed by atoms with E-state index in [9.17, 15) is 8.42 Å². The topological polar surface area (TPSA) is 61.2 Å². The average molecular weight is 327 g/mol. The Bertz CT molecular complexity index is 652. The van der Waals surface area contributed by atoms with Crippen LogP contribution in [-0.4, -0.2) is 25.3 Å². The number of hydrogen-bond acceptors (Lipinski definition) is 3. The van der Waals surface area contributed by atoms with E-state index in [-0.39, 0.29) is 16.0 Å². The minimum absolute atomic E-state index is 0.0317. The molecule has 0 N–H and O–H groups in total. The Labute approximate surface area is 131 Å². The molecule has 1 saturated heterocycles. The smallest absolute Gasteiger partial charge is 0.207 e. The number of nitrogens with zero attached hydrogens (tertiary/aromatic N) is 2. The molecule has 1 atom stereocenters. The molecule has 2 rings (SSSR count). The second kappa shape index (κ2) is 6.78.